The van der Waals surface area contributed by atoms with E-state index in [0.29, 0.717) is 5.56 Å². The van der Waals surface area contributed by atoms with Gasteiger partial charge in [-0.05, 0) is 30.3 Å². The van der Waals surface area contributed by atoms with Gasteiger partial charge in [0.1, 0.15) is 0 Å². The Kier molecular flexibility index (Phi) is 4.13. The molecular formula is C15H14FNO2. The summed E-state index contributed by atoms with van der Waals surface area (Å²) in [4.78, 5) is 11.9. The fourth-order valence-electron chi connectivity index (χ4n) is 1.68. The van der Waals surface area contributed by atoms with Crippen molar-refractivity contribution >= 4 is 11.5 Å². The molecule has 0 saturated heterocycles. The summed E-state index contributed by atoms with van der Waals surface area (Å²) in [6.45, 7) is 0.121. The fraction of sp³-hybridized carbons (Fsp3) is 0.133. The minimum Gasteiger partial charge on any atom is -0.494 e. The second-order valence-electron chi connectivity index (χ2n) is 3.99. The molecule has 0 fully saturated rings. The predicted octanol–water partition coefficient (Wildman–Crippen LogP) is 3.13. The molecule has 0 atom stereocenters. The Bertz CT molecular complexity index is 570. The molecule has 0 heterocycles. The monoisotopic (exact) mass is 259 g/mol. The van der Waals surface area contributed by atoms with Crippen molar-refractivity contribution in [2.24, 2.45) is 0 Å². The van der Waals surface area contributed by atoms with Crippen molar-refractivity contribution in [2.45, 2.75) is 0 Å². The lowest BCUT2D eigenvalue weighted by molar-refractivity contribution is 0.101. The van der Waals surface area contributed by atoms with Gasteiger partial charge in [0, 0.05) is 11.3 Å². The Morgan fingerprint density at radius 2 is 1.95 bits per heavy atom. The maximum atomic E-state index is 13.5. The number of hydrogen-bond donors (Lipinski definition) is 1. The largest absolute Gasteiger partial charge is 0.494 e. The topological polar surface area (TPSA) is 38.3 Å². The molecule has 0 aliphatic heterocycles. The normalized spacial score (nSPS) is 10.0. The maximum Gasteiger partial charge on any atom is 0.181 e. The number of anilines is 1. The van der Waals surface area contributed by atoms with Crippen LogP contribution in [-0.4, -0.2) is 19.4 Å². The number of nitrogens with one attached hydrogen (secondary N) is 1. The lowest BCUT2D eigenvalue weighted by Crippen LogP contribution is -2.14. The summed E-state index contributed by atoms with van der Waals surface area (Å²) >= 11 is 0. The third-order valence-electron chi connectivity index (χ3n) is 2.70. The Labute approximate surface area is 111 Å². The molecule has 2 rings (SSSR count). The van der Waals surface area contributed by atoms with Crippen LogP contribution in [0.25, 0.3) is 0 Å². The summed E-state index contributed by atoms with van der Waals surface area (Å²) in [5.41, 5.74) is 1.17. The van der Waals surface area contributed by atoms with Crippen LogP contribution in [0.4, 0.5) is 10.1 Å². The first-order valence-corrected chi connectivity index (χ1v) is 5.86. The first-order chi connectivity index (χ1) is 9.20. The van der Waals surface area contributed by atoms with E-state index in [1.54, 1.807) is 6.07 Å². The van der Waals surface area contributed by atoms with Crippen molar-refractivity contribution in [3.05, 3.63) is 59.9 Å². The minimum absolute atomic E-state index is 0.121. The number of hydrogen-bond acceptors (Lipinski definition) is 3. The zero-order chi connectivity index (χ0) is 13.7. The van der Waals surface area contributed by atoms with Crippen LogP contribution in [0.3, 0.4) is 0 Å². The second-order valence-corrected chi connectivity index (χ2v) is 3.99. The smallest absolute Gasteiger partial charge is 0.181 e. The molecule has 0 aromatic heterocycles. The van der Waals surface area contributed by atoms with Crippen LogP contribution in [-0.2, 0) is 0 Å². The number of ketones is 1. The van der Waals surface area contributed by atoms with Gasteiger partial charge in [-0.15, -0.1) is 0 Å². The number of Topliss-reactive ketones (excluding diaryl/α,β-unsaturated/α-hetero) is 1. The van der Waals surface area contributed by atoms with Crippen LogP contribution >= 0.6 is 0 Å². The first-order valence-electron chi connectivity index (χ1n) is 5.86. The van der Waals surface area contributed by atoms with E-state index in [-0.39, 0.29) is 18.1 Å². The van der Waals surface area contributed by atoms with E-state index >= 15 is 0 Å². The van der Waals surface area contributed by atoms with E-state index in [9.17, 15) is 9.18 Å². The number of para-hydroxylation sites is 1. The molecule has 0 aliphatic rings. The van der Waals surface area contributed by atoms with Crippen LogP contribution in [0.2, 0.25) is 0 Å². The Morgan fingerprint density at radius 3 is 2.58 bits per heavy atom. The SMILES string of the molecule is COc1ccc(C(=O)CNc2ccccc2)cc1F. The molecule has 19 heavy (non-hydrogen) atoms. The molecule has 0 amide bonds. The highest BCUT2D eigenvalue weighted by molar-refractivity contribution is 5.99. The van der Waals surface area contributed by atoms with Crippen molar-refractivity contribution in [2.75, 3.05) is 19.0 Å². The van der Waals surface area contributed by atoms with Gasteiger partial charge >= 0.3 is 0 Å². The van der Waals surface area contributed by atoms with Crippen molar-refractivity contribution in [1.29, 1.82) is 0 Å². The average Bonchev–Trinajstić information content (AvgIpc) is 2.45. The van der Waals surface area contributed by atoms with Crippen molar-refractivity contribution < 1.29 is 13.9 Å². The molecule has 0 unspecified atom stereocenters. The summed E-state index contributed by atoms with van der Waals surface area (Å²) in [5.74, 6) is -0.578. The molecule has 4 heteroatoms. The predicted molar refractivity (Wildman–Crippen MR) is 72.2 cm³/mol. The van der Waals surface area contributed by atoms with Crippen LogP contribution in [0, 0.1) is 5.82 Å². The van der Waals surface area contributed by atoms with E-state index in [0.717, 1.165) is 5.69 Å². The third kappa shape index (κ3) is 3.31. The van der Waals surface area contributed by atoms with Crippen molar-refractivity contribution in [3.8, 4) is 5.75 Å². The van der Waals surface area contributed by atoms with E-state index < -0.39 is 5.82 Å². The zero-order valence-electron chi connectivity index (χ0n) is 10.5. The van der Waals surface area contributed by atoms with E-state index in [4.69, 9.17) is 4.74 Å². The van der Waals surface area contributed by atoms with Gasteiger partial charge in [0.05, 0.1) is 13.7 Å². The van der Waals surface area contributed by atoms with Gasteiger partial charge in [-0.3, -0.25) is 4.79 Å². The number of methoxy groups -OCH3 is 1. The maximum absolute atomic E-state index is 13.5. The Morgan fingerprint density at radius 1 is 1.21 bits per heavy atom. The fourth-order valence-corrected chi connectivity index (χ4v) is 1.68. The summed E-state index contributed by atoms with van der Waals surface area (Å²) in [7, 11) is 1.39. The number of carbonyl (C=O) groups is 1. The highest BCUT2D eigenvalue weighted by Crippen LogP contribution is 2.18. The Hall–Kier alpha value is -2.36. The molecule has 1 N–H and O–H groups in total. The minimum atomic E-state index is -0.534. The van der Waals surface area contributed by atoms with Crippen molar-refractivity contribution in [1.82, 2.24) is 0 Å². The zero-order valence-corrected chi connectivity index (χ0v) is 10.5. The van der Waals surface area contributed by atoms with Crippen LogP contribution in [0.1, 0.15) is 10.4 Å². The third-order valence-corrected chi connectivity index (χ3v) is 2.70. The Balaban J connectivity index is 2.02. The number of halogens is 1. The van der Waals surface area contributed by atoms with E-state index in [1.807, 2.05) is 30.3 Å². The number of carbonyl (C=O) groups excluding carboxylic acids is 1. The van der Waals surface area contributed by atoms with Crippen molar-refractivity contribution in [3.63, 3.8) is 0 Å². The molecule has 0 bridgehead atoms. The molecule has 2 aromatic carbocycles. The van der Waals surface area contributed by atoms with Gasteiger partial charge in [-0.1, -0.05) is 18.2 Å². The lowest BCUT2D eigenvalue weighted by atomic mass is 10.1. The first kappa shape index (κ1) is 13.1. The number of benzene rings is 2. The summed E-state index contributed by atoms with van der Waals surface area (Å²) in [5, 5.41) is 2.99. The second kappa shape index (κ2) is 6.00. The summed E-state index contributed by atoms with van der Waals surface area (Å²) in [6, 6.07) is 13.6. The molecule has 0 saturated carbocycles. The molecule has 2 aromatic rings. The quantitative estimate of drug-likeness (QED) is 0.838. The molecule has 0 spiro atoms. The summed E-state index contributed by atoms with van der Waals surface area (Å²) in [6.07, 6.45) is 0. The van der Waals surface area contributed by atoms with Gasteiger partial charge < -0.3 is 10.1 Å². The molecule has 98 valence electrons. The van der Waals surface area contributed by atoms with Gasteiger partial charge in [0.2, 0.25) is 0 Å². The van der Waals surface area contributed by atoms with Crippen LogP contribution < -0.4 is 10.1 Å². The highest BCUT2D eigenvalue weighted by atomic mass is 19.1. The van der Waals surface area contributed by atoms with Crippen LogP contribution in [0.5, 0.6) is 5.75 Å². The molecular weight excluding hydrogens is 245 g/mol. The number of rotatable bonds is 5. The van der Waals surface area contributed by atoms with E-state index in [1.165, 1.54) is 19.2 Å². The molecule has 0 aliphatic carbocycles. The lowest BCUT2D eigenvalue weighted by Gasteiger charge is -2.07. The van der Waals surface area contributed by atoms with Gasteiger partial charge in [0.15, 0.2) is 17.3 Å². The van der Waals surface area contributed by atoms with Gasteiger partial charge in [-0.25, -0.2) is 4.39 Å². The average molecular weight is 259 g/mol. The number of ether oxygens (including phenoxy) is 1. The molecule has 0 radical (unpaired) electrons. The standard InChI is InChI=1S/C15H14FNO2/c1-19-15-8-7-11(9-13(15)16)14(18)10-17-12-5-3-2-4-6-12/h2-9,17H,10H2,1H3. The van der Waals surface area contributed by atoms with Gasteiger partial charge in [0.25, 0.3) is 0 Å². The van der Waals surface area contributed by atoms with E-state index in [2.05, 4.69) is 5.32 Å². The van der Waals surface area contributed by atoms with Gasteiger partial charge in [-0.2, -0.15) is 0 Å². The summed E-state index contributed by atoms with van der Waals surface area (Å²) < 4.78 is 18.3. The molecule has 3 nitrogen and oxygen atoms in total. The highest BCUT2D eigenvalue weighted by Gasteiger charge is 2.09. The van der Waals surface area contributed by atoms with Crippen LogP contribution in [0.15, 0.2) is 48.5 Å².